The Kier molecular flexibility index (Phi) is 4.36. The van der Waals surface area contributed by atoms with Crippen LogP contribution in [0.1, 0.15) is 16.1 Å². The summed E-state index contributed by atoms with van der Waals surface area (Å²) in [6.45, 7) is 0.0984. The van der Waals surface area contributed by atoms with Crippen molar-refractivity contribution in [3.63, 3.8) is 0 Å². The number of carbonyl (C=O) groups is 1. The first-order chi connectivity index (χ1) is 10.0. The molecule has 1 aromatic carbocycles. The summed E-state index contributed by atoms with van der Waals surface area (Å²) in [6.07, 6.45) is 1.44. The van der Waals surface area contributed by atoms with Crippen LogP contribution < -0.4 is 16.6 Å². The van der Waals surface area contributed by atoms with Crippen LogP contribution in [0.3, 0.4) is 0 Å². The summed E-state index contributed by atoms with van der Waals surface area (Å²) in [5, 5.41) is 16.9. The predicted molar refractivity (Wildman–Crippen MR) is 73.6 cm³/mol. The number of nitrogens with one attached hydrogen (secondary N) is 2. The van der Waals surface area contributed by atoms with E-state index in [0.29, 0.717) is 5.76 Å². The third kappa shape index (κ3) is 3.27. The molecule has 0 spiro atoms. The van der Waals surface area contributed by atoms with E-state index in [-0.39, 0.29) is 22.8 Å². The van der Waals surface area contributed by atoms with Crippen molar-refractivity contribution in [3.8, 4) is 0 Å². The number of hydrazine groups is 1. The monoisotopic (exact) mass is 311 g/mol. The number of rotatable bonds is 5. The summed E-state index contributed by atoms with van der Waals surface area (Å²) in [6, 6.07) is 3.94. The first-order valence-corrected chi connectivity index (χ1v) is 6.03. The molecule has 21 heavy (non-hydrogen) atoms. The topological polar surface area (TPSA) is 136 Å². The Balaban J connectivity index is 2.23. The Bertz CT molecular complexity index is 674. The van der Waals surface area contributed by atoms with Crippen molar-refractivity contribution >= 4 is 28.9 Å². The molecule has 0 radical (unpaired) electrons. The van der Waals surface area contributed by atoms with Crippen LogP contribution in [0.25, 0.3) is 0 Å². The Hall–Kier alpha value is -2.65. The van der Waals surface area contributed by atoms with E-state index in [1.54, 1.807) is 6.07 Å². The Morgan fingerprint density at radius 2 is 2.29 bits per heavy atom. The minimum Gasteiger partial charge on any atom is -0.360 e. The third-order valence-corrected chi connectivity index (χ3v) is 2.89. The van der Waals surface area contributed by atoms with Crippen molar-refractivity contribution in [2.24, 2.45) is 5.84 Å². The molecule has 0 aliphatic carbocycles. The quantitative estimate of drug-likeness (QED) is 0.432. The van der Waals surface area contributed by atoms with Gasteiger partial charge in [0.25, 0.3) is 11.6 Å². The van der Waals surface area contributed by atoms with E-state index in [9.17, 15) is 14.9 Å². The zero-order valence-electron chi connectivity index (χ0n) is 10.5. The highest BCUT2D eigenvalue weighted by atomic mass is 35.5. The summed E-state index contributed by atoms with van der Waals surface area (Å²) < 4.78 is 4.82. The number of benzene rings is 1. The van der Waals surface area contributed by atoms with Gasteiger partial charge in [-0.25, -0.2) is 0 Å². The van der Waals surface area contributed by atoms with Crippen molar-refractivity contribution in [1.82, 2.24) is 10.5 Å². The molecule has 110 valence electrons. The fraction of sp³-hybridized carbons (Fsp3) is 0.0909. The second-order valence-corrected chi connectivity index (χ2v) is 4.32. The van der Waals surface area contributed by atoms with Gasteiger partial charge in [0.15, 0.2) is 5.76 Å². The number of aromatic nitrogens is 1. The lowest BCUT2D eigenvalue weighted by molar-refractivity contribution is -0.384. The molecule has 1 heterocycles. The minimum atomic E-state index is -0.686. The Morgan fingerprint density at radius 1 is 1.52 bits per heavy atom. The van der Waals surface area contributed by atoms with Gasteiger partial charge in [-0.05, 0) is 6.07 Å². The number of nitro groups is 1. The number of nitrogens with two attached hydrogens (primary N) is 1. The Morgan fingerprint density at radius 3 is 2.86 bits per heavy atom. The normalized spacial score (nSPS) is 10.2. The maximum absolute atomic E-state index is 12.0. The van der Waals surface area contributed by atoms with E-state index in [4.69, 9.17) is 22.0 Å². The van der Waals surface area contributed by atoms with Crippen molar-refractivity contribution in [1.29, 1.82) is 0 Å². The van der Waals surface area contributed by atoms with Crippen molar-refractivity contribution in [2.75, 3.05) is 5.43 Å². The molecule has 0 saturated heterocycles. The first kappa shape index (κ1) is 14.8. The first-order valence-electron chi connectivity index (χ1n) is 5.65. The van der Waals surface area contributed by atoms with Crippen molar-refractivity contribution in [3.05, 3.63) is 50.9 Å². The molecule has 0 atom stereocenters. The molecule has 0 aliphatic heterocycles. The van der Waals surface area contributed by atoms with Gasteiger partial charge in [-0.1, -0.05) is 16.8 Å². The van der Waals surface area contributed by atoms with Gasteiger partial charge in [0, 0.05) is 17.7 Å². The molecule has 1 aromatic heterocycles. The lowest BCUT2D eigenvalue weighted by Crippen LogP contribution is -2.23. The number of carbonyl (C=O) groups excluding carboxylic acids is 1. The van der Waals surface area contributed by atoms with Crippen LogP contribution >= 0.6 is 11.6 Å². The summed E-state index contributed by atoms with van der Waals surface area (Å²) in [5.41, 5.74) is 1.71. The number of amides is 1. The highest BCUT2D eigenvalue weighted by Crippen LogP contribution is 2.32. The third-order valence-electron chi connectivity index (χ3n) is 2.59. The van der Waals surface area contributed by atoms with E-state index in [1.165, 1.54) is 12.3 Å². The number of halogens is 1. The van der Waals surface area contributed by atoms with E-state index in [0.717, 1.165) is 6.07 Å². The zero-order chi connectivity index (χ0) is 15.4. The fourth-order valence-corrected chi connectivity index (χ4v) is 1.88. The number of hydrogen-bond acceptors (Lipinski definition) is 7. The second kappa shape index (κ2) is 6.20. The lowest BCUT2D eigenvalue weighted by Gasteiger charge is -2.08. The molecule has 1 amide bonds. The highest BCUT2D eigenvalue weighted by molar-refractivity contribution is 6.34. The van der Waals surface area contributed by atoms with Crippen LogP contribution in [0.2, 0.25) is 5.02 Å². The molecule has 0 aliphatic rings. The van der Waals surface area contributed by atoms with Crippen LogP contribution in [0.5, 0.6) is 0 Å². The molecular formula is C11H10ClN5O4. The smallest absolute Gasteiger partial charge is 0.295 e. The SMILES string of the molecule is NNc1c(Cl)cc(C(=O)NCc2ccno2)cc1[N+](=O)[O-]. The van der Waals surface area contributed by atoms with Gasteiger partial charge in [-0.15, -0.1) is 0 Å². The van der Waals surface area contributed by atoms with Crippen molar-refractivity contribution in [2.45, 2.75) is 6.54 Å². The molecule has 10 heteroatoms. The van der Waals surface area contributed by atoms with Crippen LogP contribution in [-0.2, 0) is 6.54 Å². The molecule has 0 fully saturated rings. The molecule has 0 bridgehead atoms. The summed E-state index contributed by atoms with van der Waals surface area (Å²) in [4.78, 5) is 22.2. The number of nitro benzene ring substituents is 1. The highest BCUT2D eigenvalue weighted by Gasteiger charge is 2.21. The van der Waals surface area contributed by atoms with Gasteiger partial charge in [0.2, 0.25) is 0 Å². The summed E-state index contributed by atoms with van der Waals surface area (Å²) in [5.74, 6) is 5.09. The van der Waals surface area contributed by atoms with Crippen molar-refractivity contribution < 1.29 is 14.2 Å². The van der Waals surface area contributed by atoms with E-state index in [1.807, 2.05) is 0 Å². The fourth-order valence-electron chi connectivity index (χ4n) is 1.61. The minimum absolute atomic E-state index is 0.0310. The van der Waals surface area contributed by atoms with Gasteiger partial charge in [0.05, 0.1) is 22.7 Å². The summed E-state index contributed by atoms with van der Waals surface area (Å²) in [7, 11) is 0. The maximum atomic E-state index is 12.0. The van der Waals surface area contributed by atoms with Gasteiger partial charge in [-0.3, -0.25) is 20.8 Å². The van der Waals surface area contributed by atoms with Gasteiger partial charge < -0.3 is 15.3 Å². The standard InChI is InChI=1S/C11H10ClN5O4/c12-8-3-6(4-9(17(19)20)10(8)16-13)11(18)14-5-7-1-2-15-21-7/h1-4,16H,5,13H2,(H,14,18). The Labute approximate surface area is 123 Å². The van der Waals surface area contributed by atoms with Crippen LogP contribution in [0, 0.1) is 10.1 Å². The lowest BCUT2D eigenvalue weighted by atomic mass is 10.1. The largest absolute Gasteiger partial charge is 0.360 e. The average molecular weight is 312 g/mol. The maximum Gasteiger partial charge on any atom is 0.295 e. The number of nitrogens with zero attached hydrogens (tertiary/aromatic N) is 2. The van der Waals surface area contributed by atoms with Crippen LogP contribution in [0.4, 0.5) is 11.4 Å². The van der Waals surface area contributed by atoms with Crippen LogP contribution in [0.15, 0.2) is 28.9 Å². The van der Waals surface area contributed by atoms with Gasteiger partial charge >= 0.3 is 0 Å². The average Bonchev–Trinajstić information content (AvgIpc) is 2.96. The summed E-state index contributed by atoms with van der Waals surface area (Å²) >= 11 is 5.87. The number of nitrogen functional groups attached to an aromatic ring is 1. The number of hydrogen-bond donors (Lipinski definition) is 3. The van der Waals surface area contributed by atoms with E-state index < -0.39 is 16.5 Å². The zero-order valence-corrected chi connectivity index (χ0v) is 11.3. The van der Waals surface area contributed by atoms with Crippen LogP contribution in [-0.4, -0.2) is 16.0 Å². The van der Waals surface area contributed by atoms with Gasteiger partial charge in [0.1, 0.15) is 5.69 Å². The molecule has 2 rings (SSSR count). The molecular weight excluding hydrogens is 302 g/mol. The number of anilines is 1. The van der Waals surface area contributed by atoms with Gasteiger partial charge in [-0.2, -0.15) is 0 Å². The molecule has 4 N–H and O–H groups in total. The molecule has 9 nitrogen and oxygen atoms in total. The molecule has 2 aromatic rings. The van der Waals surface area contributed by atoms with E-state index in [2.05, 4.69) is 15.9 Å². The van der Waals surface area contributed by atoms with E-state index >= 15 is 0 Å². The molecule has 0 unspecified atom stereocenters. The molecule has 0 saturated carbocycles. The second-order valence-electron chi connectivity index (χ2n) is 3.92. The predicted octanol–water partition coefficient (Wildman–Crippen LogP) is 1.45.